The second kappa shape index (κ2) is 20.9. The number of hydrogen-bond acceptors (Lipinski definition) is 10. The summed E-state index contributed by atoms with van der Waals surface area (Å²) in [6.45, 7) is 1.09. The van der Waals surface area contributed by atoms with Crippen LogP contribution in [0.15, 0.2) is 120 Å². The fourth-order valence-electron chi connectivity index (χ4n) is 8.63. The molecule has 6 rings (SSSR count). The summed E-state index contributed by atoms with van der Waals surface area (Å²) in [6, 6.07) is 20.4. The summed E-state index contributed by atoms with van der Waals surface area (Å²) < 4.78 is 81.9. The number of halogens is 6. The van der Waals surface area contributed by atoms with Crippen LogP contribution in [0.5, 0.6) is 0 Å². The zero-order chi connectivity index (χ0) is 48.7. The van der Waals surface area contributed by atoms with Gasteiger partial charge in [-0.2, -0.15) is 26.3 Å². The first kappa shape index (κ1) is 49.8. The van der Waals surface area contributed by atoms with E-state index in [9.17, 15) is 45.8 Å². The molecule has 0 unspecified atom stereocenters. The summed E-state index contributed by atoms with van der Waals surface area (Å²) in [6.07, 6.45) is -8.15. The molecule has 358 valence electrons. The molecule has 2 heterocycles. The lowest BCUT2D eigenvalue weighted by atomic mass is 9.98. The molecule has 0 saturated carbocycles. The summed E-state index contributed by atoms with van der Waals surface area (Å²) in [4.78, 5) is 43.8. The van der Waals surface area contributed by atoms with E-state index in [-0.39, 0.29) is 79.4 Å². The van der Waals surface area contributed by atoms with E-state index in [4.69, 9.17) is 28.7 Å². The number of quaternary nitrogens is 1. The maximum Gasteiger partial charge on any atom is 0.416 e. The van der Waals surface area contributed by atoms with Gasteiger partial charge in [0.25, 0.3) is 11.8 Å². The number of nitrogens with one attached hydrogen (secondary N) is 2. The topological polar surface area (TPSA) is 232 Å². The standard InChI is InChI=1S/C47H54F6N10O4/c48-46(49,50)31-6-1-8-35(24-31)59-37-26-61(44(66)40(37)42(57)29-10-14-33(55)15-11-29)19-4-22-63(21-3-18-54,28-39(64)65)23-5-20-62-27-38(60-36-9-2-7-32(25-36)47(51,52)53)41(45(62)67)43(58)30-12-16-34(56)17-13-30/h1-2,6-17,24-25,42-43H,3-5,18-23,26-28,54-58H2,(H2-,59,60,64,65,66,67)/p+1/t42-,43-/m1/s1. The van der Waals surface area contributed by atoms with E-state index in [0.717, 1.165) is 24.3 Å². The van der Waals surface area contributed by atoms with Crippen molar-refractivity contribution < 1.29 is 50.3 Å². The maximum atomic E-state index is 14.2. The van der Waals surface area contributed by atoms with Crippen LogP contribution in [0.25, 0.3) is 0 Å². The molecular formula is C47H55F6N10O4+. The number of alkyl halides is 6. The van der Waals surface area contributed by atoms with Gasteiger partial charge in [-0.25, -0.2) is 4.79 Å². The molecule has 0 aromatic heterocycles. The molecule has 2 aliphatic heterocycles. The van der Waals surface area contributed by atoms with Crippen LogP contribution in [-0.2, 0) is 26.7 Å². The summed E-state index contributed by atoms with van der Waals surface area (Å²) in [7, 11) is 0. The normalized spacial score (nSPS) is 15.7. The first-order chi connectivity index (χ1) is 31.7. The summed E-state index contributed by atoms with van der Waals surface area (Å²) in [5.41, 5.74) is 32.4. The van der Waals surface area contributed by atoms with E-state index in [1.165, 1.54) is 34.1 Å². The van der Waals surface area contributed by atoms with Crippen LogP contribution >= 0.6 is 0 Å². The molecule has 2 amide bonds. The monoisotopic (exact) mass is 937 g/mol. The van der Waals surface area contributed by atoms with Crippen molar-refractivity contribution in [2.24, 2.45) is 17.2 Å². The van der Waals surface area contributed by atoms with Gasteiger partial charge in [0.1, 0.15) is 0 Å². The molecule has 0 radical (unpaired) electrons. The predicted molar refractivity (Wildman–Crippen MR) is 243 cm³/mol. The number of carboxylic acid groups (broad SMARTS) is 1. The highest BCUT2D eigenvalue weighted by Crippen LogP contribution is 2.36. The highest BCUT2D eigenvalue weighted by atomic mass is 19.4. The average Bonchev–Trinajstić information content (AvgIpc) is 3.75. The van der Waals surface area contributed by atoms with Gasteiger partial charge in [0.15, 0.2) is 6.54 Å². The van der Waals surface area contributed by atoms with Crippen molar-refractivity contribution in [1.82, 2.24) is 9.80 Å². The Morgan fingerprint density at radius 3 is 1.39 bits per heavy atom. The Labute approximate surface area is 383 Å². The number of nitrogens with two attached hydrogens (primary N) is 5. The van der Waals surface area contributed by atoms with Crippen LogP contribution in [0.1, 0.15) is 53.6 Å². The maximum absolute atomic E-state index is 14.2. The lowest BCUT2D eigenvalue weighted by Gasteiger charge is -2.38. The number of rotatable bonds is 21. The number of carbonyl (C=O) groups excluding carboxylic acids is 2. The molecule has 67 heavy (non-hydrogen) atoms. The Morgan fingerprint density at radius 2 is 1.03 bits per heavy atom. The van der Waals surface area contributed by atoms with Crippen LogP contribution < -0.4 is 39.3 Å². The van der Waals surface area contributed by atoms with Crippen molar-refractivity contribution in [3.63, 3.8) is 0 Å². The van der Waals surface area contributed by atoms with Crippen molar-refractivity contribution in [1.29, 1.82) is 0 Å². The van der Waals surface area contributed by atoms with Crippen LogP contribution in [0.3, 0.4) is 0 Å². The highest BCUT2D eigenvalue weighted by Gasteiger charge is 2.39. The molecule has 20 heteroatoms. The minimum Gasteiger partial charge on any atom is -0.477 e. The van der Waals surface area contributed by atoms with Crippen molar-refractivity contribution >= 4 is 40.5 Å². The van der Waals surface area contributed by atoms with Gasteiger partial charge in [0.2, 0.25) is 0 Å². The molecular weight excluding hydrogens is 883 g/mol. The molecule has 14 nitrogen and oxygen atoms in total. The van der Waals surface area contributed by atoms with Gasteiger partial charge in [-0.15, -0.1) is 0 Å². The fourth-order valence-corrected chi connectivity index (χ4v) is 8.63. The number of anilines is 4. The molecule has 2 aliphatic rings. The van der Waals surface area contributed by atoms with Crippen molar-refractivity contribution in [2.75, 3.05) is 81.0 Å². The lowest BCUT2D eigenvalue weighted by molar-refractivity contribution is -0.921. The van der Waals surface area contributed by atoms with Crippen LogP contribution in [-0.4, -0.2) is 96.1 Å². The molecule has 0 aliphatic carbocycles. The molecule has 13 N–H and O–H groups in total. The van der Waals surface area contributed by atoms with Gasteiger partial charge in [0, 0.05) is 66.5 Å². The van der Waals surface area contributed by atoms with Crippen LogP contribution in [0.4, 0.5) is 49.1 Å². The molecule has 0 fully saturated rings. The second-order valence-corrected chi connectivity index (χ2v) is 16.8. The molecule has 4 aromatic rings. The Balaban J connectivity index is 1.19. The van der Waals surface area contributed by atoms with Crippen molar-refractivity contribution in [2.45, 2.75) is 43.7 Å². The van der Waals surface area contributed by atoms with Gasteiger partial charge in [-0.1, -0.05) is 36.4 Å². The van der Waals surface area contributed by atoms with Crippen LogP contribution in [0, 0.1) is 0 Å². The van der Waals surface area contributed by atoms with Gasteiger partial charge in [-0.05, 0) is 78.3 Å². The van der Waals surface area contributed by atoms with Crippen molar-refractivity contribution in [3.8, 4) is 0 Å². The molecule has 4 aromatic carbocycles. The zero-order valence-electron chi connectivity index (χ0n) is 36.5. The number of benzene rings is 4. The van der Waals surface area contributed by atoms with Gasteiger partial charge in [-0.3, -0.25) is 9.59 Å². The van der Waals surface area contributed by atoms with Crippen molar-refractivity contribution in [3.05, 3.63) is 142 Å². The van der Waals surface area contributed by atoms with E-state index >= 15 is 0 Å². The van der Waals surface area contributed by atoms with E-state index in [1.54, 1.807) is 48.5 Å². The summed E-state index contributed by atoms with van der Waals surface area (Å²) in [5.74, 6) is -1.97. The van der Waals surface area contributed by atoms with Gasteiger partial charge in [0.05, 0.1) is 67.1 Å². The number of carboxylic acids is 1. The number of carbonyl (C=O) groups is 3. The smallest absolute Gasteiger partial charge is 0.416 e. The second-order valence-electron chi connectivity index (χ2n) is 16.8. The largest absolute Gasteiger partial charge is 0.477 e. The highest BCUT2D eigenvalue weighted by molar-refractivity contribution is 6.00. The number of nitrogens with zero attached hydrogens (tertiary/aromatic N) is 3. The van der Waals surface area contributed by atoms with E-state index in [2.05, 4.69) is 10.6 Å². The SMILES string of the molecule is NCCC[N+](CCCN1CC(Nc2cccc(C(F)(F)F)c2)=C([C@H](N)c2ccc(N)cc2)C1=O)(CCCN1CC(Nc2cccc(C(F)(F)F)c2)=C([C@H](N)c2ccc(N)cc2)C1=O)CC(=O)O. The number of hydrogen-bond donors (Lipinski definition) is 8. The Morgan fingerprint density at radius 1 is 0.642 bits per heavy atom. The molecule has 0 bridgehead atoms. The summed E-state index contributed by atoms with van der Waals surface area (Å²) >= 11 is 0. The predicted octanol–water partition coefficient (Wildman–Crippen LogP) is 6.04. The minimum atomic E-state index is -4.61. The third-order valence-corrected chi connectivity index (χ3v) is 12.0. The number of aliphatic carboxylic acids is 1. The average molecular weight is 938 g/mol. The van der Waals surface area contributed by atoms with E-state index in [1.807, 2.05) is 0 Å². The van der Waals surface area contributed by atoms with E-state index in [0.29, 0.717) is 59.7 Å². The molecule has 0 spiro atoms. The lowest BCUT2D eigenvalue weighted by Crippen LogP contribution is -2.54. The number of amides is 2. The molecule has 0 saturated heterocycles. The van der Waals surface area contributed by atoms with Crippen LogP contribution in [0.2, 0.25) is 0 Å². The summed E-state index contributed by atoms with van der Waals surface area (Å²) in [5, 5.41) is 16.2. The Hall–Kier alpha value is -6.61. The Kier molecular flexibility index (Phi) is 15.6. The minimum absolute atomic E-state index is 0.0173. The van der Waals surface area contributed by atoms with Gasteiger partial charge >= 0.3 is 18.3 Å². The fraction of sp³-hybridized carbons (Fsp3) is 0.340. The first-order valence-corrected chi connectivity index (χ1v) is 21.6. The molecule has 2 atom stereocenters. The third-order valence-electron chi connectivity index (χ3n) is 12.0. The quantitative estimate of drug-likeness (QED) is 0.0273. The number of nitrogen functional groups attached to an aromatic ring is 2. The Bertz CT molecular complexity index is 2320. The third kappa shape index (κ3) is 12.4. The zero-order valence-corrected chi connectivity index (χ0v) is 36.5. The van der Waals surface area contributed by atoms with Gasteiger partial charge < -0.3 is 58.7 Å². The van der Waals surface area contributed by atoms with E-state index < -0.39 is 53.3 Å². The first-order valence-electron chi connectivity index (χ1n) is 21.6.